The van der Waals surface area contributed by atoms with E-state index in [-0.39, 0.29) is 4.90 Å². The highest BCUT2D eigenvalue weighted by atomic mass is 32.2. The van der Waals surface area contributed by atoms with Crippen LogP contribution in [0.5, 0.6) is 0 Å². The number of carbonyl (C=O) groups is 1. The van der Waals surface area contributed by atoms with E-state index in [1.807, 2.05) is 0 Å². The Hall–Kier alpha value is -1.70. The molecule has 0 spiro atoms. The monoisotopic (exact) mass is 297 g/mol. The van der Waals surface area contributed by atoms with Gasteiger partial charge in [0.25, 0.3) is 0 Å². The third-order valence-corrected chi connectivity index (χ3v) is 4.78. The first-order chi connectivity index (χ1) is 9.50. The van der Waals surface area contributed by atoms with Crippen molar-refractivity contribution in [3.05, 3.63) is 35.9 Å². The molecule has 0 saturated carbocycles. The fourth-order valence-electron chi connectivity index (χ4n) is 1.88. The van der Waals surface area contributed by atoms with Crippen LogP contribution in [-0.4, -0.2) is 50.1 Å². The summed E-state index contributed by atoms with van der Waals surface area (Å²) < 4.78 is 31.3. The molecule has 0 amide bonds. The van der Waals surface area contributed by atoms with E-state index in [1.165, 1.54) is 22.5 Å². The Morgan fingerprint density at radius 2 is 2.00 bits per heavy atom. The Bertz CT molecular complexity index is 617. The summed E-state index contributed by atoms with van der Waals surface area (Å²) in [5.74, 6) is -1.08. The van der Waals surface area contributed by atoms with Crippen molar-refractivity contribution in [2.75, 3.05) is 26.3 Å². The lowest BCUT2D eigenvalue weighted by atomic mass is 10.2. The van der Waals surface area contributed by atoms with Gasteiger partial charge in [-0.3, -0.25) is 0 Å². The van der Waals surface area contributed by atoms with Gasteiger partial charge in [-0.2, -0.15) is 4.31 Å². The van der Waals surface area contributed by atoms with Gasteiger partial charge >= 0.3 is 5.97 Å². The highest BCUT2D eigenvalue weighted by Gasteiger charge is 2.26. The number of aliphatic carboxylic acids is 1. The Morgan fingerprint density at radius 3 is 2.65 bits per heavy atom. The van der Waals surface area contributed by atoms with Crippen LogP contribution in [0.4, 0.5) is 0 Å². The summed E-state index contributed by atoms with van der Waals surface area (Å²) in [7, 11) is -3.55. The van der Waals surface area contributed by atoms with Gasteiger partial charge in [0.2, 0.25) is 10.0 Å². The third-order valence-electron chi connectivity index (χ3n) is 2.88. The van der Waals surface area contributed by atoms with Gasteiger partial charge in [-0.05, 0) is 23.8 Å². The largest absolute Gasteiger partial charge is 0.478 e. The van der Waals surface area contributed by atoms with Crippen LogP contribution in [0.2, 0.25) is 0 Å². The zero-order valence-corrected chi connectivity index (χ0v) is 11.5. The topological polar surface area (TPSA) is 83.9 Å². The summed E-state index contributed by atoms with van der Waals surface area (Å²) in [5, 5.41) is 8.58. The van der Waals surface area contributed by atoms with Crippen molar-refractivity contribution < 1.29 is 23.1 Å². The van der Waals surface area contributed by atoms with Crippen molar-refractivity contribution in [2.45, 2.75) is 4.90 Å². The maximum atomic E-state index is 12.4. The van der Waals surface area contributed by atoms with Gasteiger partial charge in [-0.25, -0.2) is 13.2 Å². The lowest BCUT2D eigenvalue weighted by molar-refractivity contribution is -0.131. The van der Waals surface area contributed by atoms with Crippen LogP contribution < -0.4 is 0 Å². The van der Waals surface area contributed by atoms with Crippen LogP contribution in [0, 0.1) is 0 Å². The first kappa shape index (κ1) is 14.7. The van der Waals surface area contributed by atoms with E-state index >= 15 is 0 Å². The molecular weight excluding hydrogens is 282 g/mol. The Morgan fingerprint density at radius 1 is 1.30 bits per heavy atom. The first-order valence-electron chi connectivity index (χ1n) is 6.09. The zero-order valence-electron chi connectivity index (χ0n) is 10.7. The van der Waals surface area contributed by atoms with Gasteiger partial charge in [0.15, 0.2) is 0 Å². The zero-order chi connectivity index (χ0) is 14.6. The van der Waals surface area contributed by atoms with Crippen molar-refractivity contribution in [3.8, 4) is 0 Å². The first-order valence-corrected chi connectivity index (χ1v) is 7.53. The molecule has 0 atom stereocenters. The van der Waals surface area contributed by atoms with Gasteiger partial charge < -0.3 is 9.84 Å². The normalized spacial score (nSPS) is 17.4. The highest BCUT2D eigenvalue weighted by molar-refractivity contribution is 7.89. The number of hydrogen-bond acceptors (Lipinski definition) is 4. The molecule has 0 bridgehead atoms. The SMILES string of the molecule is O=C(O)C=Cc1cccc(S(=O)(=O)N2CCOCC2)c1. The van der Waals surface area contributed by atoms with Gasteiger partial charge in [-0.15, -0.1) is 0 Å². The molecule has 20 heavy (non-hydrogen) atoms. The molecule has 2 rings (SSSR count). The molecule has 1 aliphatic rings. The van der Waals surface area contributed by atoms with E-state index in [0.717, 1.165) is 6.08 Å². The number of ether oxygens (including phenoxy) is 1. The van der Waals surface area contributed by atoms with E-state index < -0.39 is 16.0 Å². The Kier molecular flexibility index (Phi) is 4.53. The summed E-state index contributed by atoms with van der Waals surface area (Å²) >= 11 is 0. The number of carboxylic acids is 1. The molecule has 1 aliphatic heterocycles. The molecule has 0 aliphatic carbocycles. The number of hydrogen-bond donors (Lipinski definition) is 1. The maximum Gasteiger partial charge on any atom is 0.328 e. The fourth-order valence-corrected chi connectivity index (χ4v) is 3.35. The van der Waals surface area contributed by atoms with Crippen molar-refractivity contribution in [1.82, 2.24) is 4.31 Å². The number of nitrogens with zero attached hydrogens (tertiary/aromatic N) is 1. The van der Waals surface area contributed by atoms with Crippen molar-refractivity contribution >= 4 is 22.1 Å². The Balaban J connectivity index is 2.27. The average molecular weight is 297 g/mol. The summed E-state index contributed by atoms with van der Waals surface area (Å²) in [5.41, 5.74) is 0.529. The van der Waals surface area contributed by atoms with Crippen LogP contribution in [0.25, 0.3) is 6.08 Å². The van der Waals surface area contributed by atoms with Crippen LogP contribution >= 0.6 is 0 Å². The molecule has 6 nitrogen and oxygen atoms in total. The standard InChI is InChI=1S/C13H15NO5S/c15-13(16)5-4-11-2-1-3-12(10-11)20(17,18)14-6-8-19-9-7-14/h1-5,10H,6-9H2,(H,15,16). The second-order valence-electron chi connectivity index (χ2n) is 4.26. The molecule has 1 saturated heterocycles. The lowest BCUT2D eigenvalue weighted by Gasteiger charge is -2.26. The second-order valence-corrected chi connectivity index (χ2v) is 6.20. The predicted octanol–water partition coefficient (Wildman–Crippen LogP) is 0.805. The number of morpholine rings is 1. The van der Waals surface area contributed by atoms with Crippen molar-refractivity contribution in [1.29, 1.82) is 0 Å². The summed E-state index contributed by atoms with van der Waals surface area (Å²) in [6, 6.07) is 6.21. The van der Waals surface area contributed by atoms with Crippen molar-refractivity contribution in [3.63, 3.8) is 0 Å². The van der Waals surface area contributed by atoms with Gasteiger partial charge in [0.1, 0.15) is 0 Å². The van der Waals surface area contributed by atoms with Gasteiger partial charge in [-0.1, -0.05) is 12.1 Å². The molecule has 108 valence electrons. The summed E-state index contributed by atoms with van der Waals surface area (Å²) in [4.78, 5) is 10.6. The molecule has 7 heteroatoms. The molecular formula is C13H15NO5S. The Labute approximate surface area is 117 Å². The van der Waals surface area contributed by atoms with Gasteiger partial charge in [0, 0.05) is 19.2 Å². The smallest absolute Gasteiger partial charge is 0.328 e. The van der Waals surface area contributed by atoms with E-state index in [2.05, 4.69) is 0 Å². The fraction of sp³-hybridized carbons (Fsp3) is 0.308. The minimum absolute atomic E-state index is 0.159. The minimum Gasteiger partial charge on any atom is -0.478 e. The number of rotatable bonds is 4. The number of carboxylic acid groups (broad SMARTS) is 1. The molecule has 0 aromatic heterocycles. The second kappa shape index (κ2) is 6.17. The molecule has 0 unspecified atom stereocenters. The van der Waals surface area contributed by atoms with E-state index in [4.69, 9.17) is 9.84 Å². The molecule has 1 heterocycles. The van der Waals surface area contributed by atoms with Crippen LogP contribution in [0.3, 0.4) is 0 Å². The van der Waals surface area contributed by atoms with E-state index in [9.17, 15) is 13.2 Å². The molecule has 1 N–H and O–H groups in total. The van der Waals surface area contributed by atoms with E-state index in [1.54, 1.807) is 12.1 Å². The number of benzene rings is 1. The number of sulfonamides is 1. The molecule has 0 radical (unpaired) electrons. The van der Waals surface area contributed by atoms with E-state index in [0.29, 0.717) is 31.9 Å². The lowest BCUT2D eigenvalue weighted by Crippen LogP contribution is -2.40. The molecule has 1 aromatic rings. The highest BCUT2D eigenvalue weighted by Crippen LogP contribution is 2.18. The van der Waals surface area contributed by atoms with Crippen LogP contribution in [-0.2, 0) is 19.6 Å². The van der Waals surface area contributed by atoms with Crippen LogP contribution in [0.1, 0.15) is 5.56 Å². The van der Waals surface area contributed by atoms with Gasteiger partial charge in [0.05, 0.1) is 18.1 Å². The molecule has 1 aromatic carbocycles. The maximum absolute atomic E-state index is 12.4. The summed E-state index contributed by atoms with van der Waals surface area (Å²) in [6.45, 7) is 1.44. The molecule has 1 fully saturated rings. The minimum atomic E-state index is -3.55. The average Bonchev–Trinajstić information content (AvgIpc) is 2.46. The summed E-state index contributed by atoms with van der Waals surface area (Å²) in [6.07, 6.45) is 2.33. The quantitative estimate of drug-likeness (QED) is 0.831. The van der Waals surface area contributed by atoms with Crippen molar-refractivity contribution in [2.24, 2.45) is 0 Å². The van der Waals surface area contributed by atoms with Crippen LogP contribution in [0.15, 0.2) is 35.2 Å². The third kappa shape index (κ3) is 3.44. The predicted molar refractivity (Wildman–Crippen MR) is 72.7 cm³/mol.